The van der Waals surface area contributed by atoms with E-state index in [0.29, 0.717) is 6.61 Å². The molecule has 1 heterocycles. The van der Waals surface area contributed by atoms with Crippen LogP contribution in [0.15, 0.2) is 36.5 Å². The van der Waals surface area contributed by atoms with Gasteiger partial charge in [-0.3, -0.25) is 4.98 Å². The molecule has 1 fully saturated rings. The average Bonchev–Trinajstić information content (AvgIpc) is 3.27. The van der Waals surface area contributed by atoms with Crippen LogP contribution in [0.4, 0.5) is 0 Å². The largest absolute Gasteiger partial charge is 0.490 e. The summed E-state index contributed by atoms with van der Waals surface area (Å²) in [4.78, 5) is 4.44. The fraction of sp³-hybridized carbons (Fsp3) is 0.353. The van der Waals surface area contributed by atoms with E-state index >= 15 is 0 Å². The van der Waals surface area contributed by atoms with Gasteiger partial charge in [-0.15, -0.1) is 0 Å². The SMILES string of the molecule is CNC1(COc2cnc(C)c(-c3cccc(Cl)c3)c2)CC1. The number of rotatable bonds is 5. The number of ether oxygens (including phenoxy) is 1. The lowest BCUT2D eigenvalue weighted by Gasteiger charge is -2.16. The van der Waals surface area contributed by atoms with Gasteiger partial charge in [-0.2, -0.15) is 0 Å². The van der Waals surface area contributed by atoms with Crippen molar-refractivity contribution in [2.24, 2.45) is 0 Å². The van der Waals surface area contributed by atoms with E-state index in [9.17, 15) is 0 Å². The number of nitrogens with one attached hydrogen (secondary N) is 1. The Balaban J connectivity index is 1.83. The number of halogens is 1. The predicted molar refractivity (Wildman–Crippen MR) is 85.9 cm³/mol. The maximum Gasteiger partial charge on any atom is 0.138 e. The van der Waals surface area contributed by atoms with Crippen molar-refractivity contribution in [3.63, 3.8) is 0 Å². The zero-order valence-electron chi connectivity index (χ0n) is 12.3. The second-order valence-corrected chi connectivity index (χ2v) is 6.07. The molecule has 3 nitrogen and oxygen atoms in total. The molecule has 110 valence electrons. The molecular weight excluding hydrogens is 284 g/mol. The summed E-state index contributed by atoms with van der Waals surface area (Å²) in [5, 5.41) is 4.05. The molecule has 1 aliphatic carbocycles. The van der Waals surface area contributed by atoms with Crippen molar-refractivity contribution in [3.05, 3.63) is 47.2 Å². The highest BCUT2D eigenvalue weighted by Crippen LogP contribution is 2.36. The second kappa shape index (κ2) is 5.66. The normalized spacial score (nSPS) is 15.8. The number of hydrogen-bond donors (Lipinski definition) is 1. The molecule has 0 saturated heterocycles. The molecule has 0 unspecified atom stereocenters. The first-order chi connectivity index (χ1) is 10.1. The van der Waals surface area contributed by atoms with Gasteiger partial charge >= 0.3 is 0 Å². The minimum Gasteiger partial charge on any atom is -0.490 e. The van der Waals surface area contributed by atoms with E-state index in [2.05, 4.69) is 10.3 Å². The van der Waals surface area contributed by atoms with Gasteiger partial charge in [-0.1, -0.05) is 23.7 Å². The fourth-order valence-corrected chi connectivity index (χ4v) is 2.57. The van der Waals surface area contributed by atoms with E-state index in [1.165, 1.54) is 12.8 Å². The van der Waals surface area contributed by atoms with Gasteiger partial charge in [0.2, 0.25) is 0 Å². The Morgan fingerprint density at radius 1 is 1.33 bits per heavy atom. The molecule has 2 aromatic rings. The highest BCUT2D eigenvalue weighted by atomic mass is 35.5. The monoisotopic (exact) mass is 302 g/mol. The fourth-order valence-electron chi connectivity index (χ4n) is 2.38. The van der Waals surface area contributed by atoms with Crippen LogP contribution >= 0.6 is 11.6 Å². The van der Waals surface area contributed by atoms with E-state index < -0.39 is 0 Å². The van der Waals surface area contributed by atoms with Crippen LogP contribution < -0.4 is 10.1 Å². The van der Waals surface area contributed by atoms with Crippen LogP contribution in [0, 0.1) is 6.92 Å². The number of aryl methyl sites for hydroxylation is 1. The molecule has 1 saturated carbocycles. The van der Waals surface area contributed by atoms with Crippen LogP contribution in [-0.4, -0.2) is 24.2 Å². The Hall–Kier alpha value is -1.58. The smallest absolute Gasteiger partial charge is 0.138 e. The van der Waals surface area contributed by atoms with E-state index in [0.717, 1.165) is 27.6 Å². The number of hydrogen-bond acceptors (Lipinski definition) is 3. The molecule has 4 heteroatoms. The summed E-state index contributed by atoms with van der Waals surface area (Å²) in [6.07, 6.45) is 4.13. The minimum atomic E-state index is 0.168. The third-order valence-corrected chi connectivity index (χ3v) is 4.33. The van der Waals surface area contributed by atoms with Gasteiger partial charge in [-0.05, 0) is 50.6 Å². The molecule has 0 bridgehead atoms. The quantitative estimate of drug-likeness (QED) is 0.911. The molecule has 1 N–H and O–H groups in total. The average molecular weight is 303 g/mol. The van der Waals surface area contributed by atoms with Gasteiger partial charge in [0.25, 0.3) is 0 Å². The van der Waals surface area contributed by atoms with Crippen molar-refractivity contribution in [2.45, 2.75) is 25.3 Å². The summed E-state index contributed by atoms with van der Waals surface area (Å²) in [5.41, 5.74) is 3.26. The first kappa shape index (κ1) is 14.4. The van der Waals surface area contributed by atoms with E-state index in [-0.39, 0.29) is 5.54 Å². The maximum atomic E-state index is 6.08. The van der Waals surface area contributed by atoms with Crippen LogP contribution in [0.1, 0.15) is 18.5 Å². The van der Waals surface area contributed by atoms with Crippen LogP contribution in [0.3, 0.4) is 0 Å². The summed E-state index contributed by atoms with van der Waals surface area (Å²) in [6, 6.07) is 9.85. The number of aromatic nitrogens is 1. The maximum absolute atomic E-state index is 6.08. The lowest BCUT2D eigenvalue weighted by atomic mass is 10.0. The Morgan fingerprint density at radius 3 is 2.81 bits per heavy atom. The third kappa shape index (κ3) is 3.20. The lowest BCUT2D eigenvalue weighted by Crippen LogP contribution is -2.33. The van der Waals surface area contributed by atoms with Gasteiger partial charge in [0.15, 0.2) is 0 Å². The Kier molecular flexibility index (Phi) is 3.87. The molecule has 0 spiro atoms. The zero-order chi connectivity index (χ0) is 14.9. The molecule has 0 amide bonds. The molecule has 21 heavy (non-hydrogen) atoms. The standard InChI is InChI=1S/C17H19ClN2O/c1-12-16(13-4-3-5-14(18)8-13)9-15(10-20-12)21-11-17(19-2)6-7-17/h3-5,8-10,19H,6-7,11H2,1-2H3. The molecule has 3 rings (SSSR count). The number of likely N-dealkylation sites (N-methyl/N-ethyl adjacent to an activating group) is 1. The first-order valence-electron chi connectivity index (χ1n) is 7.16. The number of benzene rings is 1. The molecule has 1 aromatic heterocycles. The Bertz CT molecular complexity index is 653. The van der Waals surface area contributed by atoms with E-state index in [4.69, 9.17) is 16.3 Å². The Morgan fingerprint density at radius 2 is 2.14 bits per heavy atom. The summed E-state index contributed by atoms with van der Waals surface area (Å²) in [6.45, 7) is 2.68. The zero-order valence-corrected chi connectivity index (χ0v) is 13.1. The highest BCUT2D eigenvalue weighted by Gasteiger charge is 2.41. The van der Waals surface area contributed by atoms with Crippen molar-refractivity contribution >= 4 is 11.6 Å². The van der Waals surface area contributed by atoms with E-state index in [1.807, 2.05) is 44.3 Å². The topological polar surface area (TPSA) is 34.1 Å². The molecule has 0 atom stereocenters. The molecular formula is C17H19ClN2O. The van der Waals surface area contributed by atoms with Crippen molar-refractivity contribution in [1.29, 1.82) is 0 Å². The molecule has 1 aromatic carbocycles. The first-order valence-corrected chi connectivity index (χ1v) is 7.54. The summed E-state index contributed by atoms with van der Waals surface area (Å²) in [5.74, 6) is 0.803. The van der Waals surface area contributed by atoms with Crippen molar-refractivity contribution in [3.8, 4) is 16.9 Å². The van der Waals surface area contributed by atoms with Crippen LogP contribution in [0.5, 0.6) is 5.75 Å². The third-order valence-electron chi connectivity index (χ3n) is 4.10. The van der Waals surface area contributed by atoms with Crippen LogP contribution in [-0.2, 0) is 0 Å². The minimum absolute atomic E-state index is 0.168. The van der Waals surface area contributed by atoms with Gasteiger partial charge < -0.3 is 10.1 Å². The predicted octanol–water partition coefficient (Wildman–Crippen LogP) is 3.84. The highest BCUT2D eigenvalue weighted by molar-refractivity contribution is 6.30. The van der Waals surface area contributed by atoms with Crippen molar-refractivity contribution in [1.82, 2.24) is 10.3 Å². The second-order valence-electron chi connectivity index (χ2n) is 5.63. The van der Waals surface area contributed by atoms with Gasteiger partial charge in [-0.25, -0.2) is 0 Å². The summed E-state index contributed by atoms with van der Waals surface area (Å²) >= 11 is 6.08. The van der Waals surface area contributed by atoms with Crippen molar-refractivity contribution in [2.75, 3.05) is 13.7 Å². The summed E-state index contributed by atoms with van der Waals surface area (Å²) in [7, 11) is 1.99. The van der Waals surface area contributed by atoms with Gasteiger partial charge in [0, 0.05) is 16.3 Å². The van der Waals surface area contributed by atoms with Gasteiger partial charge in [0.05, 0.1) is 11.7 Å². The van der Waals surface area contributed by atoms with Crippen LogP contribution in [0.25, 0.3) is 11.1 Å². The molecule has 0 aliphatic heterocycles. The molecule has 0 radical (unpaired) electrons. The van der Waals surface area contributed by atoms with Gasteiger partial charge in [0.1, 0.15) is 12.4 Å². The number of nitrogens with zero attached hydrogens (tertiary/aromatic N) is 1. The summed E-state index contributed by atoms with van der Waals surface area (Å²) < 4.78 is 5.91. The van der Waals surface area contributed by atoms with Crippen molar-refractivity contribution < 1.29 is 4.74 Å². The Labute approximate surface area is 130 Å². The lowest BCUT2D eigenvalue weighted by molar-refractivity contribution is 0.259. The van der Waals surface area contributed by atoms with E-state index in [1.54, 1.807) is 6.20 Å². The van der Waals surface area contributed by atoms with Crippen LogP contribution in [0.2, 0.25) is 5.02 Å². The number of pyridine rings is 1. The molecule has 1 aliphatic rings.